The lowest BCUT2D eigenvalue weighted by Crippen LogP contribution is -2.13. The summed E-state index contributed by atoms with van der Waals surface area (Å²) in [5.74, 6) is 0. The van der Waals surface area contributed by atoms with Crippen LogP contribution in [0.3, 0.4) is 0 Å². The van der Waals surface area contributed by atoms with Crippen molar-refractivity contribution >= 4 is 0 Å². The first-order valence-corrected chi connectivity index (χ1v) is 5.01. The molecule has 13 heavy (non-hydrogen) atoms. The molecule has 1 aliphatic heterocycles. The molecule has 0 radical (unpaired) electrons. The Morgan fingerprint density at radius 1 is 1.46 bits per heavy atom. The summed E-state index contributed by atoms with van der Waals surface area (Å²) in [4.78, 5) is 0. The van der Waals surface area contributed by atoms with Crippen molar-refractivity contribution in [3.63, 3.8) is 0 Å². The van der Waals surface area contributed by atoms with Gasteiger partial charge in [0.15, 0.2) is 0 Å². The number of hydrogen-bond donors (Lipinski definition) is 1. The summed E-state index contributed by atoms with van der Waals surface area (Å²) >= 11 is 0. The lowest BCUT2D eigenvalue weighted by Gasteiger charge is -2.05. The fraction of sp³-hybridized carbons (Fsp3) is 0.500. The fourth-order valence-electron chi connectivity index (χ4n) is 1.45. The van der Waals surface area contributed by atoms with Gasteiger partial charge in [-0.2, -0.15) is 0 Å². The standard InChI is InChI=1S/C12H19N/c1-4-10(2)9-12-6-8-13-7-5-11(12)3/h9,13H,2-8H2,1H3/b12-9-. The molecule has 0 aliphatic carbocycles. The van der Waals surface area contributed by atoms with E-state index < -0.39 is 0 Å². The van der Waals surface area contributed by atoms with Crippen LogP contribution in [0.2, 0.25) is 0 Å². The molecule has 0 spiro atoms. The van der Waals surface area contributed by atoms with Gasteiger partial charge in [0.25, 0.3) is 0 Å². The third-order valence-electron chi connectivity index (χ3n) is 2.46. The Morgan fingerprint density at radius 2 is 2.15 bits per heavy atom. The number of nitrogens with one attached hydrogen (secondary N) is 1. The Balaban J connectivity index is 2.69. The van der Waals surface area contributed by atoms with E-state index in [1.165, 1.54) is 16.7 Å². The summed E-state index contributed by atoms with van der Waals surface area (Å²) in [6.45, 7) is 12.4. The van der Waals surface area contributed by atoms with Gasteiger partial charge in [-0.1, -0.05) is 37.3 Å². The number of allylic oxidation sites excluding steroid dienone is 2. The summed E-state index contributed by atoms with van der Waals surface area (Å²) in [5.41, 5.74) is 3.87. The second-order valence-corrected chi connectivity index (χ2v) is 3.53. The molecule has 72 valence electrons. The van der Waals surface area contributed by atoms with E-state index in [9.17, 15) is 0 Å². The number of hydrogen-bond acceptors (Lipinski definition) is 1. The Hall–Kier alpha value is -0.820. The predicted molar refractivity (Wildman–Crippen MR) is 58.8 cm³/mol. The van der Waals surface area contributed by atoms with Crippen molar-refractivity contribution in [1.82, 2.24) is 5.32 Å². The van der Waals surface area contributed by atoms with Crippen LogP contribution in [0.1, 0.15) is 26.2 Å². The van der Waals surface area contributed by atoms with Crippen molar-refractivity contribution in [2.75, 3.05) is 13.1 Å². The van der Waals surface area contributed by atoms with E-state index in [0.29, 0.717) is 0 Å². The van der Waals surface area contributed by atoms with Gasteiger partial charge in [0, 0.05) is 0 Å². The van der Waals surface area contributed by atoms with Crippen LogP contribution >= 0.6 is 0 Å². The van der Waals surface area contributed by atoms with Crippen LogP contribution in [0.25, 0.3) is 0 Å². The molecule has 0 aromatic rings. The molecule has 1 aliphatic rings. The van der Waals surface area contributed by atoms with Crippen molar-refractivity contribution in [3.05, 3.63) is 36.0 Å². The summed E-state index contributed by atoms with van der Waals surface area (Å²) in [7, 11) is 0. The summed E-state index contributed by atoms with van der Waals surface area (Å²) in [6, 6.07) is 0. The Labute approximate surface area is 81.2 Å². The second-order valence-electron chi connectivity index (χ2n) is 3.53. The molecule has 0 aromatic heterocycles. The van der Waals surface area contributed by atoms with Crippen LogP contribution in [0.5, 0.6) is 0 Å². The Bertz CT molecular complexity index is 236. The maximum Gasteiger partial charge on any atom is -0.000812 e. The molecule has 0 unspecified atom stereocenters. The van der Waals surface area contributed by atoms with Crippen LogP contribution in [-0.2, 0) is 0 Å². The summed E-state index contributed by atoms with van der Waals surface area (Å²) in [5, 5.41) is 3.37. The highest BCUT2D eigenvalue weighted by molar-refractivity contribution is 5.35. The molecule has 1 heterocycles. The van der Waals surface area contributed by atoms with Gasteiger partial charge in [-0.15, -0.1) is 0 Å². The third kappa shape index (κ3) is 3.19. The largest absolute Gasteiger partial charge is 0.316 e. The van der Waals surface area contributed by atoms with Crippen molar-refractivity contribution in [3.8, 4) is 0 Å². The Kier molecular flexibility index (Phi) is 3.97. The first-order valence-electron chi connectivity index (χ1n) is 5.01. The van der Waals surface area contributed by atoms with Crippen molar-refractivity contribution in [2.45, 2.75) is 26.2 Å². The molecule has 1 rings (SSSR count). The van der Waals surface area contributed by atoms with E-state index in [-0.39, 0.29) is 0 Å². The van der Waals surface area contributed by atoms with Gasteiger partial charge in [-0.25, -0.2) is 0 Å². The van der Waals surface area contributed by atoms with Gasteiger partial charge in [-0.05, 0) is 37.9 Å². The van der Waals surface area contributed by atoms with Crippen molar-refractivity contribution in [2.24, 2.45) is 0 Å². The van der Waals surface area contributed by atoms with E-state index in [1.54, 1.807) is 0 Å². The van der Waals surface area contributed by atoms with E-state index in [4.69, 9.17) is 0 Å². The molecule has 1 heteroatoms. The minimum absolute atomic E-state index is 1.03. The predicted octanol–water partition coefficient (Wildman–Crippen LogP) is 2.82. The zero-order chi connectivity index (χ0) is 9.68. The van der Waals surface area contributed by atoms with E-state index in [2.05, 4.69) is 31.5 Å². The fourth-order valence-corrected chi connectivity index (χ4v) is 1.45. The quantitative estimate of drug-likeness (QED) is 0.684. The maximum atomic E-state index is 4.09. The molecule has 1 fully saturated rings. The normalized spacial score (nSPS) is 21.6. The smallest absolute Gasteiger partial charge is 0.000812 e. The molecule has 0 amide bonds. The van der Waals surface area contributed by atoms with Crippen LogP contribution < -0.4 is 5.32 Å². The lowest BCUT2D eigenvalue weighted by molar-refractivity contribution is 0.717. The highest BCUT2D eigenvalue weighted by Gasteiger charge is 2.07. The molecule has 0 aromatic carbocycles. The van der Waals surface area contributed by atoms with Crippen molar-refractivity contribution < 1.29 is 0 Å². The van der Waals surface area contributed by atoms with Gasteiger partial charge in [0.05, 0.1) is 0 Å². The first kappa shape index (κ1) is 10.3. The average molecular weight is 177 g/mol. The SMILES string of the molecule is C=C(/C=C1/CCNCCC1=C)CC. The molecule has 1 nitrogen and oxygen atoms in total. The van der Waals surface area contributed by atoms with Gasteiger partial charge in [-0.3, -0.25) is 0 Å². The third-order valence-corrected chi connectivity index (χ3v) is 2.46. The van der Waals surface area contributed by atoms with Crippen LogP contribution in [0.4, 0.5) is 0 Å². The van der Waals surface area contributed by atoms with Gasteiger partial charge in [0.1, 0.15) is 0 Å². The molecule has 0 bridgehead atoms. The second kappa shape index (κ2) is 5.03. The summed E-state index contributed by atoms with van der Waals surface area (Å²) in [6.07, 6.45) is 5.40. The minimum Gasteiger partial charge on any atom is -0.316 e. The minimum atomic E-state index is 1.03. The lowest BCUT2D eigenvalue weighted by atomic mass is 10.00. The highest BCUT2D eigenvalue weighted by Crippen LogP contribution is 2.19. The molecule has 0 saturated carbocycles. The first-order chi connectivity index (χ1) is 6.24. The van der Waals surface area contributed by atoms with Crippen LogP contribution in [-0.4, -0.2) is 13.1 Å². The molecule has 1 saturated heterocycles. The van der Waals surface area contributed by atoms with Crippen LogP contribution in [0, 0.1) is 0 Å². The monoisotopic (exact) mass is 177 g/mol. The van der Waals surface area contributed by atoms with E-state index in [1.807, 2.05) is 0 Å². The molecular weight excluding hydrogens is 158 g/mol. The average Bonchev–Trinajstić information content (AvgIpc) is 2.32. The van der Waals surface area contributed by atoms with Gasteiger partial charge >= 0.3 is 0 Å². The van der Waals surface area contributed by atoms with Crippen molar-refractivity contribution in [1.29, 1.82) is 0 Å². The molecule has 0 atom stereocenters. The highest BCUT2D eigenvalue weighted by atomic mass is 14.8. The zero-order valence-corrected chi connectivity index (χ0v) is 8.53. The van der Waals surface area contributed by atoms with Gasteiger partial charge in [0.2, 0.25) is 0 Å². The van der Waals surface area contributed by atoms with E-state index >= 15 is 0 Å². The van der Waals surface area contributed by atoms with E-state index in [0.717, 1.165) is 32.4 Å². The Morgan fingerprint density at radius 3 is 2.85 bits per heavy atom. The van der Waals surface area contributed by atoms with Gasteiger partial charge < -0.3 is 5.32 Å². The number of rotatable bonds is 2. The zero-order valence-electron chi connectivity index (χ0n) is 8.53. The molecular formula is C12H19N. The topological polar surface area (TPSA) is 12.0 Å². The molecule has 1 N–H and O–H groups in total. The summed E-state index contributed by atoms with van der Waals surface area (Å²) < 4.78 is 0. The maximum absolute atomic E-state index is 4.09. The van der Waals surface area contributed by atoms with Crippen LogP contribution in [0.15, 0.2) is 36.0 Å².